The predicted octanol–water partition coefficient (Wildman–Crippen LogP) is 3.31. The van der Waals surface area contributed by atoms with E-state index in [9.17, 15) is 0 Å². The molecule has 106 valence electrons. The number of morpholine rings is 1. The maximum atomic E-state index is 5.99. The lowest BCUT2D eigenvalue weighted by atomic mass is 9.96. The molecule has 1 aliphatic heterocycles. The van der Waals surface area contributed by atoms with E-state index in [-0.39, 0.29) is 11.6 Å². The van der Waals surface area contributed by atoms with E-state index in [1.165, 1.54) is 5.56 Å². The maximum absolute atomic E-state index is 5.99. The number of nitrogens with one attached hydrogen (secondary N) is 1. The smallest absolute Gasteiger partial charge is 0.119 e. The van der Waals surface area contributed by atoms with Gasteiger partial charge in [-0.15, -0.1) is 0 Å². The van der Waals surface area contributed by atoms with Crippen LogP contribution in [0.3, 0.4) is 0 Å². The Morgan fingerprint density at radius 3 is 2.58 bits per heavy atom. The van der Waals surface area contributed by atoms with Gasteiger partial charge in [0.05, 0.1) is 19.3 Å². The van der Waals surface area contributed by atoms with Crippen molar-refractivity contribution in [3.05, 3.63) is 29.8 Å². The van der Waals surface area contributed by atoms with Crippen LogP contribution in [0.4, 0.5) is 0 Å². The average Bonchev–Trinajstić information content (AvgIpc) is 2.47. The largest absolute Gasteiger partial charge is 0.494 e. The SMILES string of the molecule is CCCOc1ccc(C2CNC(C)(CC)CO2)cc1. The topological polar surface area (TPSA) is 30.5 Å². The van der Waals surface area contributed by atoms with Crippen molar-refractivity contribution in [2.24, 2.45) is 0 Å². The van der Waals surface area contributed by atoms with Gasteiger partial charge in [-0.3, -0.25) is 0 Å². The molecule has 0 radical (unpaired) electrons. The third-order valence-corrected chi connectivity index (χ3v) is 3.82. The van der Waals surface area contributed by atoms with Crippen LogP contribution in [-0.2, 0) is 4.74 Å². The molecule has 1 aromatic carbocycles. The minimum atomic E-state index is 0.126. The Morgan fingerprint density at radius 1 is 1.32 bits per heavy atom. The highest BCUT2D eigenvalue weighted by Gasteiger charge is 2.30. The fraction of sp³-hybridized carbons (Fsp3) is 0.625. The zero-order chi connectivity index (χ0) is 13.7. The predicted molar refractivity (Wildman–Crippen MR) is 77.6 cm³/mol. The molecule has 2 rings (SSSR count). The number of rotatable bonds is 5. The highest BCUT2D eigenvalue weighted by molar-refractivity contribution is 5.29. The van der Waals surface area contributed by atoms with Gasteiger partial charge in [-0.2, -0.15) is 0 Å². The van der Waals surface area contributed by atoms with E-state index < -0.39 is 0 Å². The summed E-state index contributed by atoms with van der Waals surface area (Å²) < 4.78 is 11.6. The second-order valence-electron chi connectivity index (χ2n) is 5.51. The number of hydrogen-bond acceptors (Lipinski definition) is 3. The van der Waals surface area contributed by atoms with Gasteiger partial charge >= 0.3 is 0 Å². The Morgan fingerprint density at radius 2 is 2.05 bits per heavy atom. The molecule has 1 aliphatic rings. The van der Waals surface area contributed by atoms with Gasteiger partial charge in [0.25, 0.3) is 0 Å². The highest BCUT2D eigenvalue weighted by atomic mass is 16.5. The zero-order valence-corrected chi connectivity index (χ0v) is 12.2. The Labute approximate surface area is 116 Å². The van der Waals surface area contributed by atoms with Crippen molar-refractivity contribution in [1.82, 2.24) is 5.32 Å². The van der Waals surface area contributed by atoms with Crippen molar-refractivity contribution in [2.45, 2.75) is 45.3 Å². The number of hydrogen-bond donors (Lipinski definition) is 1. The summed E-state index contributed by atoms with van der Waals surface area (Å²) in [6.45, 7) is 8.93. The molecule has 0 amide bonds. The van der Waals surface area contributed by atoms with Gasteiger partial charge in [-0.05, 0) is 37.5 Å². The zero-order valence-electron chi connectivity index (χ0n) is 12.2. The average molecular weight is 263 g/mol. The van der Waals surface area contributed by atoms with Crippen molar-refractivity contribution < 1.29 is 9.47 Å². The Kier molecular flexibility index (Phi) is 4.83. The molecule has 1 saturated heterocycles. The molecule has 0 bridgehead atoms. The minimum absolute atomic E-state index is 0.126. The van der Waals surface area contributed by atoms with Gasteiger partial charge < -0.3 is 14.8 Å². The van der Waals surface area contributed by atoms with Crippen LogP contribution in [0, 0.1) is 0 Å². The molecule has 2 unspecified atom stereocenters. The summed E-state index contributed by atoms with van der Waals surface area (Å²) in [5.41, 5.74) is 1.34. The summed E-state index contributed by atoms with van der Waals surface area (Å²) in [5.74, 6) is 0.938. The molecule has 0 spiro atoms. The summed E-state index contributed by atoms with van der Waals surface area (Å²) in [6, 6.07) is 8.27. The van der Waals surface area contributed by atoms with Crippen LogP contribution < -0.4 is 10.1 Å². The van der Waals surface area contributed by atoms with E-state index in [2.05, 4.69) is 38.2 Å². The van der Waals surface area contributed by atoms with Crippen LogP contribution in [0.1, 0.15) is 45.3 Å². The molecular weight excluding hydrogens is 238 g/mol. The maximum Gasteiger partial charge on any atom is 0.119 e. The molecule has 1 fully saturated rings. The van der Waals surface area contributed by atoms with Crippen LogP contribution in [0.2, 0.25) is 0 Å². The Balaban J connectivity index is 1.92. The summed E-state index contributed by atoms with van der Waals surface area (Å²) in [7, 11) is 0. The van der Waals surface area contributed by atoms with Gasteiger partial charge in [0.1, 0.15) is 5.75 Å². The normalized spacial score (nSPS) is 27.2. The molecule has 0 saturated carbocycles. The highest BCUT2D eigenvalue weighted by Crippen LogP contribution is 2.26. The lowest BCUT2D eigenvalue weighted by Gasteiger charge is -2.38. The van der Waals surface area contributed by atoms with Crippen molar-refractivity contribution >= 4 is 0 Å². The summed E-state index contributed by atoms with van der Waals surface area (Å²) in [5, 5.41) is 3.59. The molecule has 0 aliphatic carbocycles. The van der Waals surface area contributed by atoms with Gasteiger partial charge in [-0.25, -0.2) is 0 Å². The molecule has 19 heavy (non-hydrogen) atoms. The van der Waals surface area contributed by atoms with Gasteiger partial charge in [0.15, 0.2) is 0 Å². The second-order valence-corrected chi connectivity index (χ2v) is 5.51. The second kappa shape index (κ2) is 6.40. The molecule has 1 N–H and O–H groups in total. The van der Waals surface area contributed by atoms with Crippen LogP contribution >= 0.6 is 0 Å². The lowest BCUT2D eigenvalue weighted by molar-refractivity contribution is -0.0299. The third-order valence-electron chi connectivity index (χ3n) is 3.82. The number of ether oxygens (including phenoxy) is 2. The third kappa shape index (κ3) is 3.71. The first-order valence-corrected chi connectivity index (χ1v) is 7.26. The van der Waals surface area contributed by atoms with Gasteiger partial charge in [0.2, 0.25) is 0 Å². The monoisotopic (exact) mass is 263 g/mol. The van der Waals surface area contributed by atoms with E-state index in [0.29, 0.717) is 0 Å². The lowest BCUT2D eigenvalue weighted by Crippen LogP contribution is -2.52. The Bertz CT molecular complexity index is 380. The summed E-state index contributed by atoms with van der Waals surface area (Å²) >= 11 is 0. The van der Waals surface area contributed by atoms with Crippen molar-refractivity contribution in [3.8, 4) is 5.75 Å². The van der Waals surface area contributed by atoms with Crippen molar-refractivity contribution in [1.29, 1.82) is 0 Å². The fourth-order valence-corrected chi connectivity index (χ4v) is 2.17. The van der Waals surface area contributed by atoms with Gasteiger partial charge in [-0.1, -0.05) is 26.0 Å². The van der Waals surface area contributed by atoms with E-state index in [1.54, 1.807) is 0 Å². The standard InChI is InChI=1S/C16H25NO2/c1-4-10-18-14-8-6-13(7-9-14)15-11-17-16(3,5-2)12-19-15/h6-9,15,17H,4-5,10-12H2,1-3H3. The molecule has 0 aromatic heterocycles. The minimum Gasteiger partial charge on any atom is -0.494 e. The first kappa shape index (κ1) is 14.4. The van der Waals surface area contributed by atoms with E-state index >= 15 is 0 Å². The van der Waals surface area contributed by atoms with Crippen molar-refractivity contribution in [3.63, 3.8) is 0 Å². The number of benzene rings is 1. The van der Waals surface area contributed by atoms with Crippen LogP contribution in [0.25, 0.3) is 0 Å². The van der Waals surface area contributed by atoms with Crippen LogP contribution in [0.15, 0.2) is 24.3 Å². The van der Waals surface area contributed by atoms with Crippen molar-refractivity contribution in [2.75, 3.05) is 19.8 Å². The molecule has 1 aromatic rings. The molecule has 3 heteroatoms. The fourth-order valence-electron chi connectivity index (χ4n) is 2.17. The quantitative estimate of drug-likeness (QED) is 0.884. The molecule has 1 heterocycles. The van der Waals surface area contributed by atoms with Crippen LogP contribution in [-0.4, -0.2) is 25.3 Å². The van der Waals surface area contributed by atoms with Gasteiger partial charge in [0, 0.05) is 12.1 Å². The van der Waals surface area contributed by atoms with Crippen LogP contribution in [0.5, 0.6) is 5.75 Å². The molecule has 3 nitrogen and oxygen atoms in total. The Hall–Kier alpha value is -1.06. The first-order valence-electron chi connectivity index (χ1n) is 7.26. The summed E-state index contributed by atoms with van der Waals surface area (Å²) in [6.07, 6.45) is 2.27. The molecule has 2 atom stereocenters. The first-order chi connectivity index (χ1) is 9.17. The van der Waals surface area contributed by atoms with E-state index in [1.807, 2.05) is 12.1 Å². The van der Waals surface area contributed by atoms with E-state index in [0.717, 1.165) is 38.3 Å². The summed E-state index contributed by atoms with van der Waals surface area (Å²) in [4.78, 5) is 0. The van der Waals surface area contributed by atoms with E-state index in [4.69, 9.17) is 9.47 Å². The molecular formula is C16H25NO2.